The van der Waals surface area contributed by atoms with Crippen LogP contribution in [0.25, 0.3) is 0 Å². The summed E-state index contributed by atoms with van der Waals surface area (Å²) in [7, 11) is 1.38. The van der Waals surface area contributed by atoms with E-state index in [1.807, 2.05) is 48.5 Å². The number of halogens is 1. The fourth-order valence-electron chi connectivity index (χ4n) is 2.54. The van der Waals surface area contributed by atoms with E-state index < -0.39 is 11.9 Å². The van der Waals surface area contributed by atoms with Crippen LogP contribution >= 0.6 is 0 Å². The van der Waals surface area contributed by atoms with Gasteiger partial charge >= 0.3 is 0 Å². The minimum Gasteiger partial charge on any atom is -0.494 e. The van der Waals surface area contributed by atoms with E-state index in [4.69, 9.17) is 4.74 Å². The van der Waals surface area contributed by atoms with E-state index in [1.165, 1.54) is 19.2 Å². The summed E-state index contributed by atoms with van der Waals surface area (Å²) < 4.78 is 18.8. The van der Waals surface area contributed by atoms with Crippen molar-refractivity contribution in [3.63, 3.8) is 0 Å². The molecule has 0 aliphatic rings. The van der Waals surface area contributed by atoms with Crippen molar-refractivity contribution in [1.82, 2.24) is 10.3 Å². The molecule has 1 atom stereocenters. The second kappa shape index (κ2) is 7.57. The molecule has 0 aliphatic heterocycles. The van der Waals surface area contributed by atoms with E-state index in [0.717, 1.165) is 11.6 Å². The molecule has 1 aromatic heterocycles. The Kier molecular flexibility index (Phi) is 5.04. The molecule has 4 nitrogen and oxygen atoms in total. The maximum absolute atomic E-state index is 13.9. The molecule has 1 N–H and O–H groups in total. The fraction of sp³-hybridized carbons (Fsp3) is 0.100. The number of ether oxygens (including phenoxy) is 1. The van der Waals surface area contributed by atoms with Crippen molar-refractivity contribution in [1.29, 1.82) is 0 Å². The van der Waals surface area contributed by atoms with Crippen LogP contribution in [0, 0.1) is 5.82 Å². The van der Waals surface area contributed by atoms with Crippen LogP contribution in [0.2, 0.25) is 0 Å². The molecule has 1 heterocycles. The number of carbonyl (C=O) groups excluding carboxylic acids is 1. The van der Waals surface area contributed by atoms with Gasteiger partial charge in [-0.15, -0.1) is 0 Å². The molecule has 0 aliphatic carbocycles. The number of aromatic nitrogens is 1. The number of nitrogens with zero attached hydrogens (tertiary/aromatic N) is 1. The summed E-state index contributed by atoms with van der Waals surface area (Å²) in [4.78, 5) is 16.9. The van der Waals surface area contributed by atoms with Crippen LogP contribution in [0.3, 0.4) is 0 Å². The topological polar surface area (TPSA) is 51.2 Å². The van der Waals surface area contributed by atoms with Gasteiger partial charge in [0.15, 0.2) is 11.6 Å². The minimum atomic E-state index is -0.579. The van der Waals surface area contributed by atoms with Crippen LogP contribution in [0.5, 0.6) is 5.75 Å². The van der Waals surface area contributed by atoms with Gasteiger partial charge in [0.25, 0.3) is 5.91 Å². The van der Waals surface area contributed by atoms with Crippen LogP contribution in [0.4, 0.5) is 4.39 Å². The second-order valence-electron chi connectivity index (χ2n) is 5.42. The predicted octanol–water partition coefficient (Wildman–Crippen LogP) is 3.75. The van der Waals surface area contributed by atoms with Crippen molar-refractivity contribution in [2.24, 2.45) is 0 Å². The average Bonchev–Trinajstić information content (AvgIpc) is 2.67. The van der Waals surface area contributed by atoms with Gasteiger partial charge in [0.2, 0.25) is 0 Å². The molecule has 2 aromatic carbocycles. The molecule has 25 heavy (non-hydrogen) atoms. The lowest BCUT2D eigenvalue weighted by atomic mass is 10.0. The summed E-state index contributed by atoms with van der Waals surface area (Å²) in [5.41, 5.74) is 1.81. The van der Waals surface area contributed by atoms with Crippen LogP contribution in [-0.2, 0) is 0 Å². The van der Waals surface area contributed by atoms with Gasteiger partial charge in [0.1, 0.15) is 0 Å². The van der Waals surface area contributed by atoms with Crippen LogP contribution in [0.1, 0.15) is 27.7 Å². The number of pyridine rings is 1. The maximum atomic E-state index is 13.9. The molecule has 0 radical (unpaired) electrons. The minimum absolute atomic E-state index is 0.0980. The van der Waals surface area contributed by atoms with Crippen LogP contribution in [0.15, 0.2) is 72.9 Å². The first-order chi connectivity index (χ1) is 12.2. The Hall–Kier alpha value is -3.21. The molecule has 0 fully saturated rings. The molecule has 3 aromatic rings. The summed E-state index contributed by atoms with van der Waals surface area (Å²) in [6, 6.07) is 18.7. The lowest BCUT2D eigenvalue weighted by molar-refractivity contribution is 0.0941. The number of methoxy groups -OCH3 is 1. The Balaban J connectivity index is 1.90. The van der Waals surface area contributed by atoms with Crippen molar-refractivity contribution < 1.29 is 13.9 Å². The summed E-state index contributed by atoms with van der Waals surface area (Å²) in [6.07, 6.45) is 1.67. The Morgan fingerprint density at radius 1 is 1.08 bits per heavy atom. The maximum Gasteiger partial charge on any atom is 0.252 e. The largest absolute Gasteiger partial charge is 0.494 e. The average molecular weight is 336 g/mol. The zero-order valence-electron chi connectivity index (χ0n) is 13.6. The summed E-state index contributed by atoms with van der Waals surface area (Å²) in [5.74, 6) is -0.869. The van der Waals surface area contributed by atoms with Gasteiger partial charge in [-0.1, -0.05) is 36.4 Å². The highest BCUT2D eigenvalue weighted by atomic mass is 19.1. The van der Waals surface area contributed by atoms with E-state index in [2.05, 4.69) is 10.3 Å². The van der Waals surface area contributed by atoms with Gasteiger partial charge in [0, 0.05) is 11.8 Å². The fourth-order valence-corrected chi connectivity index (χ4v) is 2.54. The highest BCUT2D eigenvalue weighted by molar-refractivity contribution is 5.94. The zero-order chi connectivity index (χ0) is 17.6. The Bertz CT molecular complexity index is 815. The molecule has 0 spiro atoms. The first-order valence-electron chi connectivity index (χ1n) is 7.79. The van der Waals surface area contributed by atoms with E-state index in [-0.39, 0.29) is 17.2 Å². The molecule has 1 amide bonds. The summed E-state index contributed by atoms with van der Waals surface area (Å²) in [5, 5.41) is 2.92. The van der Waals surface area contributed by atoms with Crippen molar-refractivity contribution in [3.8, 4) is 5.75 Å². The Morgan fingerprint density at radius 3 is 2.48 bits per heavy atom. The van der Waals surface area contributed by atoms with Gasteiger partial charge in [-0.2, -0.15) is 0 Å². The molecule has 0 bridgehead atoms. The number of hydrogen-bond acceptors (Lipinski definition) is 3. The van der Waals surface area contributed by atoms with Gasteiger partial charge in [0.05, 0.1) is 18.8 Å². The Morgan fingerprint density at radius 2 is 1.84 bits per heavy atom. The molecule has 1 unspecified atom stereocenters. The van der Waals surface area contributed by atoms with Crippen molar-refractivity contribution in [2.45, 2.75) is 6.04 Å². The molecule has 126 valence electrons. The third kappa shape index (κ3) is 3.83. The molecular weight excluding hydrogens is 319 g/mol. The Labute approximate surface area is 145 Å². The molecule has 5 heteroatoms. The highest BCUT2D eigenvalue weighted by Crippen LogP contribution is 2.22. The van der Waals surface area contributed by atoms with Crippen LogP contribution in [-0.4, -0.2) is 18.0 Å². The third-order valence-electron chi connectivity index (χ3n) is 3.81. The third-order valence-corrected chi connectivity index (χ3v) is 3.81. The predicted molar refractivity (Wildman–Crippen MR) is 92.9 cm³/mol. The van der Waals surface area contributed by atoms with E-state index in [9.17, 15) is 9.18 Å². The lowest BCUT2D eigenvalue weighted by Gasteiger charge is -2.19. The first kappa shape index (κ1) is 16.6. The second-order valence-corrected chi connectivity index (χ2v) is 5.42. The quantitative estimate of drug-likeness (QED) is 0.772. The number of nitrogens with one attached hydrogen (secondary N) is 1. The highest BCUT2D eigenvalue weighted by Gasteiger charge is 2.19. The molecule has 3 rings (SSSR count). The molecular formula is C20H17FN2O2. The first-order valence-corrected chi connectivity index (χ1v) is 7.79. The van der Waals surface area contributed by atoms with Gasteiger partial charge in [-0.25, -0.2) is 4.39 Å². The lowest BCUT2D eigenvalue weighted by Crippen LogP contribution is -2.30. The number of benzene rings is 2. The van der Waals surface area contributed by atoms with Gasteiger partial charge in [-0.05, 0) is 35.9 Å². The van der Waals surface area contributed by atoms with E-state index in [1.54, 1.807) is 6.20 Å². The summed E-state index contributed by atoms with van der Waals surface area (Å²) in [6.45, 7) is 0. The van der Waals surface area contributed by atoms with Crippen molar-refractivity contribution in [3.05, 3.63) is 95.6 Å². The zero-order valence-corrected chi connectivity index (χ0v) is 13.6. The van der Waals surface area contributed by atoms with Gasteiger partial charge in [-0.3, -0.25) is 9.78 Å². The SMILES string of the molecule is COc1ccc(C(=O)NC(c2ccccc2)c2ccccn2)cc1F. The summed E-state index contributed by atoms with van der Waals surface area (Å²) >= 11 is 0. The number of amides is 1. The number of hydrogen-bond donors (Lipinski definition) is 1. The van der Waals surface area contributed by atoms with Crippen molar-refractivity contribution >= 4 is 5.91 Å². The number of rotatable bonds is 5. The molecule has 0 saturated carbocycles. The molecule has 0 saturated heterocycles. The van der Waals surface area contributed by atoms with E-state index >= 15 is 0 Å². The normalized spacial score (nSPS) is 11.6. The monoisotopic (exact) mass is 336 g/mol. The van der Waals surface area contributed by atoms with Crippen molar-refractivity contribution in [2.75, 3.05) is 7.11 Å². The number of carbonyl (C=O) groups is 1. The van der Waals surface area contributed by atoms with Gasteiger partial charge < -0.3 is 10.1 Å². The standard InChI is InChI=1S/C20H17FN2O2/c1-25-18-11-10-15(13-16(18)21)20(24)23-19(14-7-3-2-4-8-14)17-9-5-6-12-22-17/h2-13,19H,1H3,(H,23,24). The van der Waals surface area contributed by atoms with E-state index in [0.29, 0.717) is 5.69 Å². The van der Waals surface area contributed by atoms with Crippen LogP contribution < -0.4 is 10.1 Å². The smallest absolute Gasteiger partial charge is 0.252 e.